The number of amides is 1. The highest BCUT2D eigenvalue weighted by Gasteiger charge is 2.32. The predicted octanol–water partition coefficient (Wildman–Crippen LogP) is 1.07. The summed E-state index contributed by atoms with van der Waals surface area (Å²) in [7, 11) is 2.60. The lowest BCUT2D eigenvalue weighted by molar-refractivity contribution is -0.144. The van der Waals surface area contributed by atoms with E-state index in [1.165, 1.54) is 14.2 Å². The van der Waals surface area contributed by atoms with Gasteiger partial charge in [0.05, 0.1) is 14.2 Å². The second-order valence-electron chi connectivity index (χ2n) is 3.68. The van der Waals surface area contributed by atoms with Gasteiger partial charge in [-0.15, -0.1) is 0 Å². The number of ether oxygens (including phenoxy) is 2. The van der Waals surface area contributed by atoms with Crippen LogP contribution in [0.5, 0.6) is 0 Å². The lowest BCUT2D eigenvalue weighted by atomic mass is 9.98. The zero-order chi connectivity index (χ0) is 11.3. The van der Waals surface area contributed by atoms with E-state index in [9.17, 15) is 9.59 Å². The van der Waals surface area contributed by atoms with Crippen LogP contribution in [-0.2, 0) is 14.3 Å². The van der Waals surface area contributed by atoms with Crippen LogP contribution in [0.2, 0.25) is 0 Å². The standard InChI is InChI=1S/C10H17NO4/c1-14-9(12)8(11-10(13)15-2)7-5-3-4-6-7/h7-8H,3-6H2,1-2H3,(H,11,13)/t8-/m0/s1. The van der Waals surface area contributed by atoms with Crippen LogP contribution in [0.3, 0.4) is 0 Å². The summed E-state index contributed by atoms with van der Waals surface area (Å²) in [4.78, 5) is 22.5. The molecule has 0 radical (unpaired) electrons. The number of hydrogen-bond acceptors (Lipinski definition) is 4. The maximum Gasteiger partial charge on any atom is 0.407 e. The first kappa shape index (κ1) is 11.8. The summed E-state index contributed by atoms with van der Waals surface area (Å²) in [5, 5.41) is 2.52. The van der Waals surface area contributed by atoms with Crippen LogP contribution in [0.25, 0.3) is 0 Å². The first-order valence-electron chi connectivity index (χ1n) is 5.11. The fourth-order valence-corrected chi connectivity index (χ4v) is 1.97. The Balaban J connectivity index is 2.59. The number of rotatable bonds is 3. The summed E-state index contributed by atoms with van der Waals surface area (Å²) in [6, 6.07) is -0.565. The van der Waals surface area contributed by atoms with Crippen molar-refractivity contribution >= 4 is 12.1 Å². The van der Waals surface area contributed by atoms with Crippen LogP contribution in [0, 0.1) is 5.92 Å². The Bertz CT molecular complexity index is 236. The van der Waals surface area contributed by atoms with E-state index in [-0.39, 0.29) is 5.92 Å². The van der Waals surface area contributed by atoms with Crippen LogP contribution >= 0.6 is 0 Å². The summed E-state index contributed by atoms with van der Waals surface area (Å²) in [5.41, 5.74) is 0. The molecule has 1 atom stereocenters. The molecule has 0 bridgehead atoms. The zero-order valence-corrected chi connectivity index (χ0v) is 9.12. The van der Waals surface area contributed by atoms with E-state index < -0.39 is 18.1 Å². The molecule has 1 saturated carbocycles. The Labute approximate surface area is 89.1 Å². The number of hydrogen-bond donors (Lipinski definition) is 1. The number of carbonyl (C=O) groups excluding carboxylic acids is 2. The van der Waals surface area contributed by atoms with Gasteiger partial charge in [-0.1, -0.05) is 12.8 Å². The lowest BCUT2D eigenvalue weighted by Crippen LogP contribution is -2.45. The molecule has 15 heavy (non-hydrogen) atoms. The minimum atomic E-state index is -0.586. The van der Waals surface area contributed by atoms with E-state index in [0.717, 1.165) is 25.7 Å². The molecule has 0 aliphatic heterocycles. The van der Waals surface area contributed by atoms with E-state index in [4.69, 9.17) is 0 Å². The molecule has 1 N–H and O–H groups in total. The number of carbonyl (C=O) groups is 2. The number of methoxy groups -OCH3 is 2. The molecule has 0 unspecified atom stereocenters. The molecule has 0 aromatic rings. The molecule has 1 fully saturated rings. The van der Waals surface area contributed by atoms with Crippen molar-refractivity contribution in [2.24, 2.45) is 5.92 Å². The monoisotopic (exact) mass is 215 g/mol. The Morgan fingerprint density at radius 2 is 1.80 bits per heavy atom. The quantitative estimate of drug-likeness (QED) is 0.715. The summed E-state index contributed by atoms with van der Waals surface area (Å²) in [6.45, 7) is 0. The Morgan fingerprint density at radius 3 is 2.27 bits per heavy atom. The summed E-state index contributed by atoms with van der Waals surface area (Å²) >= 11 is 0. The van der Waals surface area contributed by atoms with Crippen LogP contribution < -0.4 is 5.32 Å². The van der Waals surface area contributed by atoms with Gasteiger partial charge in [0.2, 0.25) is 0 Å². The summed E-state index contributed by atoms with van der Waals surface area (Å²) < 4.78 is 9.14. The Hall–Kier alpha value is -1.26. The van der Waals surface area contributed by atoms with E-state index in [0.29, 0.717) is 0 Å². The van der Waals surface area contributed by atoms with Crippen molar-refractivity contribution in [1.82, 2.24) is 5.32 Å². The highest BCUT2D eigenvalue weighted by Crippen LogP contribution is 2.28. The van der Waals surface area contributed by atoms with Crippen LogP contribution in [-0.4, -0.2) is 32.3 Å². The molecule has 0 aromatic carbocycles. The van der Waals surface area contributed by atoms with Crippen molar-refractivity contribution in [1.29, 1.82) is 0 Å². The minimum absolute atomic E-state index is 0.177. The highest BCUT2D eigenvalue weighted by molar-refractivity contribution is 5.81. The van der Waals surface area contributed by atoms with Crippen LogP contribution in [0.4, 0.5) is 4.79 Å². The maximum atomic E-state index is 11.5. The van der Waals surface area contributed by atoms with Gasteiger partial charge in [0, 0.05) is 0 Å². The average Bonchev–Trinajstić information content (AvgIpc) is 2.77. The molecule has 0 aromatic heterocycles. The number of alkyl carbamates (subject to hydrolysis) is 1. The fourth-order valence-electron chi connectivity index (χ4n) is 1.97. The Morgan fingerprint density at radius 1 is 1.20 bits per heavy atom. The molecule has 1 aliphatic carbocycles. The first-order valence-corrected chi connectivity index (χ1v) is 5.11. The SMILES string of the molecule is COC(=O)N[C@H](C(=O)OC)C1CCCC1. The van der Waals surface area contributed by atoms with Crippen LogP contribution in [0.1, 0.15) is 25.7 Å². The van der Waals surface area contributed by atoms with Crippen molar-refractivity contribution < 1.29 is 19.1 Å². The molecular weight excluding hydrogens is 198 g/mol. The van der Waals surface area contributed by atoms with Gasteiger partial charge in [0.1, 0.15) is 6.04 Å². The van der Waals surface area contributed by atoms with Crippen molar-refractivity contribution in [3.8, 4) is 0 Å². The van der Waals surface area contributed by atoms with E-state index in [1.807, 2.05) is 0 Å². The van der Waals surface area contributed by atoms with Gasteiger partial charge in [-0.25, -0.2) is 9.59 Å². The molecule has 86 valence electrons. The second-order valence-corrected chi connectivity index (χ2v) is 3.68. The van der Waals surface area contributed by atoms with Gasteiger partial charge in [-0.2, -0.15) is 0 Å². The first-order chi connectivity index (χ1) is 7.19. The van der Waals surface area contributed by atoms with Crippen molar-refractivity contribution in [2.75, 3.05) is 14.2 Å². The smallest absolute Gasteiger partial charge is 0.407 e. The molecule has 0 spiro atoms. The molecule has 1 amide bonds. The van der Waals surface area contributed by atoms with Gasteiger partial charge in [0.15, 0.2) is 0 Å². The van der Waals surface area contributed by atoms with Crippen molar-refractivity contribution in [2.45, 2.75) is 31.7 Å². The Kier molecular flexibility index (Phi) is 4.39. The number of esters is 1. The van der Waals surface area contributed by atoms with Gasteiger partial charge in [-0.05, 0) is 18.8 Å². The summed E-state index contributed by atoms with van der Waals surface area (Å²) in [5.74, 6) is -0.219. The number of nitrogens with one attached hydrogen (secondary N) is 1. The largest absolute Gasteiger partial charge is 0.467 e. The van der Waals surface area contributed by atoms with Crippen LogP contribution in [0.15, 0.2) is 0 Å². The second kappa shape index (κ2) is 5.58. The third-order valence-corrected chi connectivity index (χ3v) is 2.79. The minimum Gasteiger partial charge on any atom is -0.467 e. The molecule has 1 rings (SSSR count). The topological polar surface area (TPSA) is 64.6 Å². The molecule has 0 saturated heterocycles. The lowest BCUT2D eigenvalue weighted by Gasteiger charge is -2.21. The molecule has 1 aliphatic rings. The van der Waals surface area contributed by atoms with Gasteiger partial charge in [-0.3, -0.25) is 0 Å². The third-order valence-electron chi connectivity index (χ3n) is 2.79. The normalized spacial score (nSPS) is 18.3. The van der Waals surface area contributed by atoms with E-state index in [1.54, 1.807) is 0 Å². The molecule has 5 heteroatoms. The fraction of sp³-hybridized carbons (Fsp3) is 0.800. The molecule has 0 heterocycles. The average molecular weight is 215 g/mol. The summed E-state index contributed by atoms with van der Waals surface area (Å²) in [6.07, 6.45) is 3.51. The molecular formula is C10H17NO4. The highest BCUT2D eigenvalue weighted by atomic mass is 16.5. The maximum absolute atomic E-state index is 11.5. The van der Waals surface area contributed by atoms with Gasteiger partial charge < -0.3 is 14.8 Å². The van der Waals surface area contributed by atoms with Crippen molar-refractivity contribution in [3.63, 3.8) is 0 Å². The van der Waals surface area contributed by atoms with E-state index >= 15 is 0 Å². The van der Waals surface area contributed by atoms with E-state index in [2.05, 4.69) is 14.8 Å². The van der Waals surface area contributed by atoms with Crippen molar-refractivity contribution in [3.05, 3.63) is 0 Å². The molecule has 5 nitrogen and oxygen atoms in total. The van der Waals surface area contributed by atoms with Gasteiger partial charge in [0.25, 0.3) is 0 Å². The van der Waals surface area contributed by atoms with Gasteiger partial charge >= 0.3 is 12.1 Å². The third kappa shape index (κ3) is 3.11. The predicted molar refractivity (Wildman–Crippen MR) is 53.3 cm³/mol. The zero-order valence-electron chi connectivity index (χ0n) is 9.12.